The van der Waals surface area contributed by atoms with Crippen molar-refractivity contribution in [1.29, 1.82) is 0 Å². The smallest absolute Gasteiger partial charge is 0.244 e. The normalized spacial score (nSPS) is 14.2. The highest BCUT2D eigenvalue weighted by Crippen LogP contribution is 2.24. The first-order valence-electron chi connectivity index (χ1n) is 7.26. The molecule has 0 fully saturated rings. The second kappa shape index (κ2) is 7.83. The molecule has 5 nitrogen and oxygen atoms in total. The number of amides is 1. The van der Waals surface area contributed by atoms with Gasteiger partial charge in [0.25, 0.3) is 0 Å². The summed E-state index contributed by atoms with van der Waals surface area (Å²) in [6, 6.07) is 5.62. The van der Waals surface area contributed by atoms with Crippen molar-refractivity contribution in [2.75, 3.05) is 10.6 Å². The van der Waals surface area contributed by atoms with Gasteiger partial charge in [0.2, 0.25) is 15.9 Å². The summed E-state index contributed by atoms with van der Waals surface area (Å²) in [5.41, 5.74) is 0.429. The Morgan fingerprint density at radius 2 is 1.77 bits per heavy atom. The molecule has 0 aliphatic carbocycles. The molecule has 0 saturated heterocycles. The van der Waals surface area contributed by atoms with Gasteiger partial charge in [0.05, 0.1) is 11.9 Å². The first kappa shape index (κ1) is 18.8. The van der Waals surface area contributed by atoms with Gasteiger partial charge in [-0.15, -0.1) is 0 Å². The molecule has 0 aliphatic heterocycles. The van der Waals surface area contributed by atoms with Gasteiger partial charge in [-0.2, -0.15) is 0 Å². The van der Waals surface area contributed by atoms with Gasteiger partial charge in [-0.3, -0.25) is 9.10 Å². The summed E-state index contributed by atoms with van der Waals surface area (Å²) in [5.74, 6) is -0.294. The summed E-state index contributed by atoms with van der Waals surface area (Å²) < 4.78 is 25.5. The van der Waals surface area contributed by atoms with Crippen LogP contribution in [0.2, 0.25) is 5.02 Å². The van der Waals surface area contributed by atoms with Gasteiger partial charge in [0.15, 0.2) is 0 Å². The molecule has 0 aliphatic rings. The molecule has 2 atom stereocenters. The van der Waals surface area contributed by atoms with E-state index in [-0.39, 0.29) is 11.9 Å². The molecule has 1 aromatic rings. The number of halogens is 1. The number of anilines is 1. The molecule has 0 heterocycles. The predicted octanol–water partition coefficient (Wildman–Crippen LogP) is 2.80. The monoisotopic (exact) mass is 346 g/mol. The Morgan fingerprint density at radius 1 is 1.23 bits per heavy atom. The fourth-order valence-corrected chi connectivity index (χ4v) is 3.43. The van der Waals surface area contributed by atoms with Crippen LogP contribution in [-0.4, -0.2) is 32.7 Å². The fourth-order valence-electron chi connectivity index (χ4n) is 2.09. The number of nitrogens with one attached hydrogen (secondary N) is 1. The first-order valence-corrected chi connectivity index (χ1v) is 9.48. The quantitative estimate of drug-likeness (QED) is 0.825. The van der Waals surface area contributed by atoms with Crippen LogP contribution in [0.4, 0.5) is 5.69 Å². The van der Waals surface area contributed by atoms with Crippen molar-refractivity contribution < 1.29 is 13.2 Å². The van der Waals surface area contributed by atoms with Crippen LogP contribution < -0.4 is 9.62 Å². The molecule has 0 aromatic heterocycles. The molecule has 1 aromatic carbocycles. The molecule has 1 amide bonds. The lowest BCUT2D eigenvalue weighted by Crippen LogP contribution is -2.51. The van der Waals surface area contributed by atoms with E-state index in [1.54, 1.807) is 31.2 Å². The number of carbonyl (C=O) groups is 1. The fraction of sp³-hybridized carbons (Fsp3) is 0.533. The highest BCUT2D eigenvalue weighted by molar-refractivity contribution is 7.92. The van der Waals surface area contributed by atoms with Crippen LogP contribution in [0.3, 0.4) is 0 Å². The molecular formula is C15H23ClN2O3S. The molecule has 22 heavy (non-hydrogen) atoms. The highest BCUT2D eigenvalue weighted by atomic mass is 35.5. The number of carbonyl (C=O) groups excluding carboxylic acids is 1. The number of hydrogen-bond donors (Lipinski definition) is 1. The van der Waals surface area contributed by atoms with E-state index >= 15 is 0 Å². The zero-order valence-corrected chi connectivity index (χ0v) is 14.9. The third-order valence-corrected chi connectivity index (χ3v) is 4.84. The van der Waals surface area contributed by atoms with Crippen LogP contribution in [0.25, 0.3) is 0 Å². The second-order valence-electron chi connectivity index (χ2n) is 5.28. The van der Waals surface area contributed by atoms with E-state index in [2.05, 4.69) is 5.32 Å². The summed E-state index contributed by atoms with van der Waals surface area (Å²) in [7, 11) is -3.60. The van der Waals surface area contributed by atoms with Crippen molar-refractivity contribution in [3.63, 3.8) is 0 Å². The Hall–Kier alpha value is -1.27. The Morgan fingerprint density at radius 3 is 2.18 bits per heavy atom. The van der Waals surface area contributed by atoms with Crippen LogP contribution in [-0.2, 0) is 14.8 Å². The topological polar surface area (TPSA) is 66.5 Å². The molecule has 0 saturated carbocycles. The predicted molar refractivity (Wildman–Crippen MR) is 90.7 cm³/mol. The Balaban J connectivity index is 3.19. The average Bonchev–Trinajstić information content (AvgIpc) is 2.44. The molecule has 1 N–H and O–H groups in total. The van der Waals surface area contributed by atoms with E-state index in [0.29, 0.717) is 17.1 Å². The molecule has 1 rings (SSSR count). The average molecular weight is 347 g/mol. The molecule has 0 radical (unpaired) electrons. The van der Waals surface area contributed by atoms with E-state index < -0.39 is 16.1 Å². The first-order chi connectivity index (χ1) is 10.2. The third kappa shape index (κ3) is 4.88. The molecule has 0 unspecified atom stereocenters. The maximum absolute atomic E-state index is 12.4. The number of sulfonamides is 1. The number of nitrogens with zero attached hydrogens (tertiary/aromatic N) is 1. The second-order valence-corrected chi connectivity index (χ2v) is 7.57. The van der Waals surface area contributed by atoms with Crippen molar-refractivity contribution in [1.82, 2.24) is 5.32 Å². The minimum absolute atomic E-state index is 0.00632. The lowest BCUT2D eigenvalue weighted by Gasteiger charge is -2.31. The van der Waals surface area contributed by atoms with Crippen LogP contribution >= 0.6 is 11.6 Å². The van der Waals surface area contributed by atoms with Gasteiger partial charge in [0.1, 0.15) is 6.04 Å². The highest BCUT2D eigenvalue weighted by Gasteiger charge is 2.31. The maximum Gasteiger partial charge on any atom is 0.244 e. The van der Waals surface area contributed by atoms with E-state index in [0.717, 1.165) is 17.0 Å². The number of hydrogen-bond acceptors (Lipinski definition) is 3. The minimum Gasteiger partial charge on any atom is -0.352 e. The van der Waals surface area contributed by atoms with Crippen LogP contribution in [0.15, 0.2) is 24.3 Å². The maximum atomic E-state index is 12.4. The van der Waals surface area contributed by atoms with Crippen molar-refractivity contribution in [3.8, 4) is 0 Å². The van der Waals surface area contributed by atoms with Crippen LogP contribution in [0.5, 0.6) is 0 Å². The van der Waals surface area contributed by atoms with Crippen molar-refractivity contribution in [2.45, 2.75) is 45.7 Å². The van der Waals surface area contributed by atoms with E-state index in [1.807, 2.05) is 13.8 Å². The van der Waals surface area contributed by atoms with Crippen LogP contribution in [0.1, 0.15) is 33.6 Å². The zero-order chi connectivity index (χ0) is 16.9. The minimum atomic E-state index is -3.60. The molecule has 0 bridgehead atoms. The summed E-state index contributed by atoms with van der Waals surface area (Å²) in [6.07, 6.45) is 2.25. The van der Waals surface area contributed by atoms with Gasteiger partial charge in [0, 0.05) is 11.1 Å². The Kier molecular flexibility index (Phi) is 6.68. The summed E-state index contributed by atoms with van der Waals surface area (Å²) in [5, 5.41) is 3.35. The van der Waals surface area contributed by atoms with E-state index in [1.165, 1.54) is 0 Å². The molecule has 124 valence electrons. The Labute approximate surface area is 137 Å². The lowest BCUT2D eigenvalue weighted by molar-refractivity contribution is -0.122. The summed E-state index contributed by atoms with van der Waals surface area (Å²) in [4.78, 5) is 12.4. The van der Waals surface area contributed by atoms with E-state index in [4.69, 9.17) is 11.6 Å². The molecule has 0 spiro atoms. The number of rotatable bonds is 7. The summed E-state index contributed by atoms with van der Waals surface area (Å²) >= 11 is 5.85. The van der Waals surface area contributed by atoms with Crippen molar-refractivity contribution in [3.05, 3.63) is 29.3 Å². The van der Waals surface area contributed by atoms with E-state index in [9.17, 15) is 13.2 Å². The Bertz CT molecular complexity index is 602. The van der Waals surface area contributed by atoms with Gasteiger partial charge in [-0.05, 0) is 44.0 Å². The van der Waals surface area contributed by atoms with Gasteiger partial charge in [-0.1, -0.05) is 25.4 Å². The largest absolute Gasteiger partial charge is 0.352 e. The SMILES string of the molecule is CC[C@@H](C)NC(=O)[C@@H](CC)N(c1ccc(Cl)cc1)S(C)(=O)=O. The van der Waals surface area contributed by atoms with Crippen molar-refractivity contribution in [2.24, 2.45) is 0 Å². The van der Waals surface area contributed by atoms with Gasteiger partial charge >= 0.3 is 0 Å². The molecular weight excluding hydrogens is 324 g/mol. The van der Waals surface area contributed by atoms with Crippen LogP contribution in [0, 0.1) is 0 Å². The lowest BCUT2D eigenvalue weighted by atomic mass is 10.1. The number of benzene rings is 1. The molecule has 7 heteroatoms. The zero-order valence-electron chi connectivity index (χ0n) is 13.3. The third-order valence-electron chi connectivity index (χ3n) is 3.41. The van der Waals surface area contributed by atoms with Crippen molar-refractivity contribution >= 4 is 33.2 Å². The van der Waals surface area contributed by atoms with Gasteiger partial charge < -0.3 is 5.32 Å². The summed E-state index contributed by atoms with van der Waals surface area (Å²) in [6.45, 7) is 5.63. The standard InChI is InChI=1S/C15H23ClN2O3S/c1-5-11(3)17-15(19)14(6-2)18(22(4,20)21)13-9-7-12(16)8-10-13/h7-11,14H,5-6H2,1-4H3,(H,17,19)/t11-,14-/m1/s1. The van der Waals surface area contributed by atoms with Gasteiger partial charge in [-0.25, -0.2) is 8.42 Å².